The number of anilines is 1. The first-order valence-corrected chi connectivity index (χ1v) is 6.53. The van der Waals surface area contributed by atoms with E-state index in [1.165, 1.54) is 12.1 Å². The maximum atomic E-state index is 13.6. The van der Waals surface area contributed by atoms with Gasteiger partial charge in [-0.25, -0.2) is 4.39 Å². The molecule has 0 aromatic heterocycles. The van der Waals surface area contributed by atoms with Gasteiger partial charge in [0.05, 0.1) is 6.61 Å². The average Bonchev–Trinajstić information content (AvgIpc) is 2.50. The van der Waals surface area contributed by atoms with Crippen molar-refractivity contribution in [3.8, 4) is 0 Å². The third-order valence-electron chi connectivity index (χ3n) is 3.31. The monoisotopic (exact) mass is 288 g/mol. The first-order valence-electron chi connectivity index (χ1n) is 6.53. The maximum absolute atomic E-state index is 13.6. The van der Waals surface area contributed by atoms with Crippen LogP contribution in [0.2, 0.25) is 0 Å². The summed E-state index contributed by atoms with van der Waals surface area (Å²) >= 11 is 0. The van der Waals surface area contributed by atoms with Crippen molar-refractivity contribution in [2.75, 3.05) is 5.73 Å². The minimum absolute atomic E-state index is 0.0193. The average molecular weight is 288 g/mol. The number of benzene rings is 2. The van der Waals surface area contributed by atoms with Gasteiger partial charge >= 0.3 is 0 Å². The van der Waals surface area contributed by atoms with E-state index in [0.717, 1.165) is 11.1 Å². The maximum Gasteiger partial charge on any atom is 0.251 e. The SMILES string of the molecule is Cc1c(N)cc(C(=O)NCc2ccc(CO)cc2)cc1F. The molecule has 0 aliphatic heterocycles. The Bertz CT molecular complexity index is 631. The Morgan fingerprint density at radius 3 is 2.43 bits per heavy atom. The van der Waals surface area contributed by atoms with Gasteiger partial charge in [-0.15, -0.1) is 0 Å². The number of hydrogen-bond donors (Lipinski definition) is 3. The highest BCUT2D eigenvalue weighted by Gasteiger charge is 2.10. The third-order valence-corrected chi connectivity index (χ3v) is 3.31. The zero-order chi connectivity index (χ0) is 15.4. The molecule has 2 aromatic carbocycles. The summed E-state index contributed by atoms with van der Waals surface area (Å²) in [4.78, 5) is 12.0. The van der Waals surface area contributed by atoms with Crippen LogP contribution in [0, 0.1) is 12.7 Å². The Morgan fingerprint density at radius 1 is 1.24 bits per heavy atom. The number of nitrogens with one attached hydrogen (secondary N) is 1. The summed E-state index contributed by atoms with van der Waals surface area (Å²) in [6.07, 6.45) is 0. The van der Waals surface area contributed by atoms with E-state index in [9.17, 15) is 9.18 Å². The Balaban J connectivity index is 2.04. The molecule has 4 N–H and O–H groups in total. The smallest absolute Gasteiger partial charge is 0.251 e. The van der Waals surface area contributed by atoms with E-state index in [1.807, 2.05) is 12.1 Å². The van der Waals surface area contributed by atoms with Crippen LogP contribution in [0.5, 0.6) is 0 Å². The number of aliphatic hydroxyl groups excluding tert-OH is 1. The van der Waals surface area contributed by atoms with Crippen molar-refractivity contribution < 1.29 is 14.3 Å². The molecule has 0 atom stereocenters. The molecule has 110 valence electrons. The van der Waals surface area contributed by atoms with E-state index in [4.69, 9.17) is 10.8 Å². The van der Waals surface area contributed by atoms with Gasteiger partial charge in [0.25, 0.3) is 5.91 Å². The second-order valence-corrected chi connectivity index (χ2v) is 4.83. The van der Waals surface area contributed by atoms with E-state index < -0.39 is 5.82 Å². The van der Waals surface area contributed by atoms with Gasteiger partial charge in [-0.1, -0.05) is 24.3 Å². The molecule has 2 aromatic rings. The molecule has 0 saturated carbocycles. The fourth-order valence-electron chi connectivity index (χ4n) is 1.88. The summed E-state index contributed by atoms with van der Waals surface area (Å²) in [6.45, 7) is 1.86. The Kier molecular flexibility index (Phi) is 4.55. The standard InChI is InChI=1S/C16H17FN2O2/c1-10-14(17)6-13(7-15(10)18)16(21)19-8-11-2-4-12(9-20)5-3-11/h2-7,20H,8-9,18H2,1H3,(H,19,21). The molecule has 0 fully saturated rings. The summed E-state index contributed by atoms with van der Waals surface area (Å²) < 4.78 is 13.6. The summed E-state index contributed by atoms with van der Waals surface area (Å²) in [7, 11) is 0. The first-order chi connectivity index (χ1) is 10.0. The first kappa shape index (κ1) is 15.0. The number of carbonyl (C=O) groups excluding carboxylic acids is 1. The van der Waals surface area contributed by atoms with Crippen molar-refractivity contribution in [3.05, 3.63) is 64.5 Å². The van der Waals surface area contributed by atoms with E-state index in [-0.39, 0.29) is 23.8 Å². The summed E-state index contributed by atoms with van der Waals surface area (Å²) in [5.41, 5.74) is 8.14. The Hall–Kier alpha value is -2.40. The van der Waals surface area contributed by atoms with Crippen LogP contribution in [0.4, 0.5) is 10.1 Å². The van der Waals surface area contributed by atoms with Crippen LogP contribution in [0.15, 0.2) is 36.4 Å². The predicted octanol–water partition coefficient (Wildman–Crippen LogP) is 2.14. The fraction of sp³-hybridized carbons (Fsp3) is 0.188. The van der Waals surface area contributed by atoms with E-state index in [2.05, 4.69) is 5.32 Å². The number of nitrogen functional groups attached to an aromatic ring is 1. The highest BCUT2D eigenvalue weighted by Crippen LogP contribution is 2.17. The van der Waals surface area contributed by atoms with Crippen LogP contribution >= 0.6 is 0 Å². The van der Waals surface area contributed by atoms with Gasteiger partial charge in [0.2, 0.25) is 0 Å². The number of aliphatic hydroxyl groups is 1. The molecule has 0 aliphatic carbocycles. The number of halogens is 1. The second-order valence-electron chi connectivity index (χ2n) is 4.83. The molecular formula is C16H17FN2O2. The predicted molar refractivity (Wildman–Crippen MR) is 79.1 cm³/mol. The largest absolute Gasteiger partial charge is 0.398 e. The molecule has 1 amide bonds. The van der Waals surface area contributed by atoms with Crippen LogP contribution in [0.3, 0.4) is 0 Å². The molecule has 0 bridgehead atoms. The molecule has 2 rings (SSSR count). The van der Waals surface area contributed by atoms with Gasteiger partial charge < -0.3 is 16.2 Å². The zero-order valence-corrected chi connectivity index (χ0v) is 11.7. The number of rotatable bonds is 4. The van der Waals surface area contributed by atoms with Gasteiger partial charge in [0, 0.05) is 23.4 Å². The van der Waals surface area contributed by atoms with Crippen molar-refractivity contribution in [3.63, 3.8) is 0 Å². The topological polar surface area (TPSA) is 75.4 Å². The molecule has 4 nitrogen and oxygen atoms in total. The van der Waals surface area contributed by atoms with Gasteiger partial charge in [0.1, 0.15) is 5.82 Å². The quantitative estimate of drug-likeness (QED) is 0.754. The molecule has 5 heteroatoms. The lowest BCUT2D eigenvalue weighted by atomic mass is 10.1. The number of carbonyl (C=O) groups is 1. The molecule has 21 heavy (non-hydrogen) atoms. The summed E-state index contributed by atoms with van der Waals surface area (Å²) in [5, 5.41) is 11.7. The highest BCUT2D eigenvalue weighted by atomic mass is 19.1. The summed E-state index contributed by atoms with van der Waals surface area (Å²) in [5.74, 6) is -0.876. The van der Waals surface area contributed by atoms with Crippen LogP contribution in [-0.2, 0) is 13.2 Å². The van der Waals surface area contributed by atoms with Gasteiger partial charge in [-0.3, -0.25) is 4.79 Å². The number of nitrogens with two attached hydrogens (primary N) is 1. The molecule has 0 heterocycles. The van der Waals surface area contributed by atoms with Gasteiger partial charge in [-0.05, 0) is 30.2 Å². The number of hydrogen-bond acceptors (Lipinski definition) is 3. The third kappa shape index (κ3) is 3.58. The van der Waals surface area contributed by atoms with Crippen LogP contribution in [0.1, 0.15) is 27.0 Å². The van der Waals surface area contributed by atoms with E-state index >= 15 is 0 Å². The van der Waals surface area contributed by atoms with E-state index in [1.54, 1.807) is 19.1 Å². The van der Waals surface area contributed by atoms with Crippen molar-refractivity contribution >= 4 is 11.6 Å². The Morgan fingerprint density at radius 2 is 1.86 bits per heavy atom. The lowest BCUT2D eigenvalue weighted by molar-refractivity contribution is 0.0950. The van der Waals surface area contributed by atoms with Gasteiger partial charge in [-0.2, -0.15) is 0 Å². The lowest BCUT2D eigenvalue weighted by Crippen LogP contribution is -2.23. The zero-order valence-electron chi connectivity index (χ0n) is 11.7. The molecule has 0 spiro atoms. The summed E-state index contributed by atoms with van der Waals surface area (Å²) in [6, 6.07) is 9.83. The van der Waals surface area contributed by atoms with Crippen LogP contribution in [-0.4, -0.2) is 11.0 Å². The molecular weight excluding hydrogens is 271 g/mol. The van der Waals surface area contributed by atoms with Crippen molar-refractivity contribution in [1.29, 1.82) is 0 Å². The normalized spacial score (nSPS) is 10.4. The van der Waals surface area contributed by atoms with Gasteiger partial charge in [0.15, 0.2) is 0 Å². The number of amides is 1. The minimum Gasteiger partial charge on any atom is -0.398 e. The van der Waals surface area contributed by atoms with E-state index in [0.29, 0.717) is 12.1 Å². The molecule has 0 saturated heterocycles. The molecule has 0 unspecified atom stereocenters. The second kappa shape index (κ2) is 6.37. The molecule has 0 aliphatic rings. The van der Waals surface area contributed by atoms with Crippen LogP contribution < -0.4 is 11.1 Å². The van der Waals surface area contributed by atoms with Crippen molar-refractivity contribution in [2.45, 2.75) is 20.1 Å². The highest BCUT2D eigenvalue weighted by molar-refractivity contribution is 5.95. The lowest BCUT2D eigenvalue weighted by Gasteiger charge is -2.08. The van der Waals surface area contributed by atoms with Crippen molar-refractivity contribution in [2.24, 2.45) is 0 Å². The minimum atomic E-state index is -0.493. The van der Waals surface area contributed by atoms with Crippen molar-refractivity contribution in [1.82, 2.24) is 5.32 Å². The molecule has 0 radical (unpaired) electrons. The fourth-order valence-corrected chi connectivity index (χ4v) is 1.88. The Labute approximate surface area is 122 Å². The van der Waals surface area contributed by atoms with Crippen LogP contribution in [0.25, 0.3) is 0 Å².